The molecule has 0 fully saturated rings. The van der Waals surface area contributed by atoms with Crippen LogP contribution in [0, 0.1) is 0 Å². The first kappa shape index (κ1) is 11.9. The lowest BCUT2D eigenvalue weighted by Crippen LogP contribution is -1.90. The number of rotatable bonds is 5. The number of anilines is 1. The van der Waals surface area contributed by atoms with Gasteiger partial charge in [-0.1, -0.05) is 22.0 Å². The lowest BCUT2D eigenvalue weighted by molar-refractivity contribution is 0.296. The number of nitrogens with two attached hydrogens (primary N) is 1. The number of thioether (sulfide) groups is 1. The van der Waals surface area contributed by atoms with Gasteiger partial charge in [0.25, 0.3) is 0 Å². The fourth-order valence-electron chi connectivity index (χ4n) is 1.03. The van der Waals surface area contributed by atoms with Gasteiger partial charge < -0.3 is 10.8 Å². The molecule has 1 rings (SSSR count). The van der Waals surface area contributed by atoms with Crippen molar-refractivity contribution in [2.24, 2.45) is 0 Å². The quantitative estimate of drug-likeness (QED) is 0.642. The first-order valence-electron chi connectivity index (χ1n) is 4.46. The van der Waals surface area contributed by atoms with Crippen LogP contribution in [0.5, 0.6) is 0 Å². The van der Waals surface area contributed by atoms with Crippen LogP contribution in [-0.2, 0) is 5.75 Å². The van der Waals surface area contributed by atoms with Gasteiger partial charge in [0.05, 0.1) is 0 Å². The van der Waals surface area contributed by atoms with Gasteiger partial charge in [-0.15, -0.1) is 0 Å². The molecule has 1 aromatic carbocycles. The molecule has 14 heavy (non-hydrogen) atoms. The highest BCUT2D eigenvalue weighted by Crippen LogP contribution is 2.24. The molecule has 0 heterocycles. The monoisotopic (exact) mass is 275 g/mol. The molecular formula is C10H14BrNOS. The number of hydrogen-bond donors (Lipinski definition) is 2. The van der Waals surface area contributed by atoms with Crippen LogP contribution in [0.2, 0.25) is 0 Å². The third kappa shape index (κ3) is 3.90. The molecule has 1 aromatic rings. The molecule has 0 radical (unpaired) electrons. The van der Waals surface area contributed by atoms with Crippen LogP contribution >= 0.6 is 27.7 Å². The first-order chi connectivity index (χ1) is 6.74. The predicted octanol–water partition coefficient (Wildman–Crippen LogP) is 2.65. The van der Waals surface area contributed by atoms with Crippen LogP contribution in [0.4, 0.5) is 5.69 Å². The third-order valence-electron chi connectivity index (χ3n) is 1.78. The number of aliphatic hydroxyl groups excluding tert-OH is 1. The van der Waals surface area contributed by atoms with E-state index in [-0.39, 0.29) is 6.61 Å². The van der Waals surface area contributed by atoms with Crippen molar-refractivity contribution in [3.05, 3.63) is 28.2 Å². The van der Waals surface area contributed by atoms with Crippen molar-refractivity contribution in [3.63, 3.8) is 0 Å². The Hall–Kier alpha value is -0.190. The van der Waals surface area contributed by atoms with Gasteiger partial charge in [-0.2, -0.15) is 11.8 Å². The number of hydrogen-bond acceptors (Lipinski definition) is 3. The Morgan fingerprint density at radius 3 is 2.86 bits per heavy atom. The van der Waals surface area contributed by atoms with Crippen LogP contribution in [0.3, 0.4) is 0 Å². The molecule has 0 aliphatic carbocycles. The summed E-state index contributed by atoms with van der Waals surface area (Å²) < 4.78 is 1.06. The molecular weight excluding hydrogens is 262 g/mol. The van der Waals surface area contributed by atoms with Crippen molar-refractivity contribution < 1.29 is 5.11 Å². The highest BCUT2D eigenvalue weighted by molar-refractivity contribution is 9.10. The SMILES string of the molecule is Nc1ccc(CSCCCO)c(Br)c1. The summed E-state index contributed by atoms with van der Waals surface area (Å²) in [6.45, 7) is 0.274. The van der Waals surface area contributed by atoms with Gasteiger partial charge >= 0.3 is 0 Å². The normalized spacial score (nSPS) is 10.4. The van der Waals surface area contributed by atoms with E-state index in [1.807, 2.05) is 30.0 Å². The molecule has 3 N–H and O–H groups in total. The number of aliphatic hydroxyl groups is 1. The zero-order chi connectivity index (χ0) is 10.4. The minimum atomic E-state index is 0.274. The minimum absolute atomic E-state index is 0.274. The van der Waals surface area contributed by atoms with Crippen molar-refractivity contribution >= 4 is 33.4 Å². The maximum absolute atomic E-state index is 8.62. The third-order valence-corrected chi connectivity index (χ3v) is 3.61. The van der Waals surface area contributed by atoms with Crippen LogP contribution in [0.15, 0.2) is 22.7 Å². The van der Waals surface area contributed by atoms with E-state index in [2.05, 4.69) is 15.9 Å². The van der Waals surface area contributed by atoms with E-state index in [0.29, 0.717) is 0 Å². The van der Waals surface area contributed by atoms with Crippen LogP contribution in [-0.4, -0.2) is 17.5 Å². The van der Waals surface area contributed by atoms with E-state index in [1.54, 1.807) is 0 Å². The second-order valence-electron chi connectivity index (χ2n) is 2.98. The summed E-state index contributed by atoms with van der Waals surface area (Å²) in [6, 6.07) is 5.86. The Morgan fingerprint density at radius 1 is 1.43 bits per heavy atom. The summed E-state index contributed by atoms with van der Waals surface area (Å²) in [7, 11) is 0. The molecule has 0 aromatic heterocycles. The average molecular weight is 276 g/mol. The molecule has 78 valence electrons. The molecule has 0 bridgehead atoms. The zero-order valence-electron chi connectivity index (χ0n) is 7.87. The average Bonchev–Trinajstić information content (AvgIpc) is 2.15. The maximum Gasteiger partial charge on any atom is 0.0438 e. The van der Waals surface area contributed by atoms with Crippen molar-refractivity contribution in [1.29, 1.82) is 0 Å². The van der Waals surface area contributed by atoms with Gasteiger partial charge in [0.15, 0.2) is 0 Å². The fraction of sp³-hybridized carbons (Fsp3) is 0.400. The lowest BCUT2D eigenvalue weighted by atomic mass is 10.2. The highest BCUT2D eigenvalue weighted by Gasteiger charge is 1.99. The minimum Gasteiger partial charge on any atom is -0.399 e. The van der Waals surface area contributed by atoms with E-state index in [4.69, 9.17) is 10.8 Å². The first-order valence-corrected chi connectivity index (χ1v) is 6.41. The Morgan fingerprint density at radius 2 is 2.21 bits per heavy atom. The van der Waals surface area contributed by atoms with Crippen molar-refractivity contribution in [3.8, 4) is 0 Å². The van der Waals surface area contributed by atoms with Crippen LogP contribution < -0.4 is 5.73 Å². The number of halogens is 1. The molecule has 0 aliphatic heterocycles. The Kier molecular flexibility index (Phi) is 5.37. The van der Waals surface area contributed by atoms with Gasteiger partial charge in [-0.3, -0.25) is 0 Å². The van der Waals surface area contributed by atoms with E-state index in [1.165, 1.54) is 5.56 Å². The molecule has 0 unspecified atom stereocenters. The Labute approximate surface area is 97.0 Å². The number of benzene rings is 1. The maximum atomic E-state index is 8.62. The van der Waals surface area contributed by atoms with Gasteiger partial charge in [0.1, 0.15) is 0 Å². The molecule has 4 heteroatoms. The smallest absolute Gasteiger partial charge is 0.0438 e. The van der Waals surface area contributed by atoms with Crippen molar-refractivity contribution in [2.45, 2.75) is 12.2 Å². The number of nitrogen functional groups attached to an aromatic ring is 1. The fourth-order valence-corrected chi connectivity index (χ4v) is 2.70. The highest BCUT2D eigenvalue weighted by atomic mass is 79.9. The van der Waals surface area contributed by atoms with E-state index >= 15 is 0 Å². The second kappa shape index (κ2) is 6.32. The van der Waals surface area contributed by atoms with E-state index < -0.39 is 0 Å². The molecule has 2 nitrogen and oxygen atoms in total. The van der Waals surface area contributed by atoms with Gasteiger partial charge in [0, 0.05) is 22.5 Å². The topological polar surface area (TPSA) is 46.2 Å². The van der Waals surface area contributed by atoms with Crippen LogP contribution in [0.1, 0.15) is 12.0 Å². The summed E-state index contributed by atoms with van der Waals surface area (Å²) in [4.78, 5) is 0. The predicted molar refractivity (Wildman–Crippen MR) is 66.4 cm³/mol. The molecule has 0 amide bonds. The van der Waals surface area contributed by atoms with E-state index in [9.17, 15) is 0 Å². The summed E-state index contributed by atoms with van der Waals surface area (Å²) in [5.74, 6) is 1.95. The zero-order valence-corrected chi connectivity index (χ0v) is 10.3. The summed E-state index contributed by atoms with van der Waals surface area (Å²) in [6.07, 6.45) is 0.858. The van der Waals surface area contributed by atoms with E-state index in [0.717, 1.165) is 28.1 Å². The molecule has 0 atom stereocenters. The molecule has 0 aliphatic rings. The Bertz CT molecular complexity index is 293. The Balaban J connectivity index is 2.42. The van der Waals surface area contributed by atoms with Gasteiger partial charge in [-0.25, -0.2) is 0 Å². The largest absolute Gasteiger partial charge is 0.399 e. The van der Waals surface area contributed by atoms with Gasteiger partial charge in [0.2, 0.25) is 0 Å². The van der Waals surface area contributed by atoms with Crippen molar-refractivity contribution in [1.82, 2.24) is 0 Å². The van der Waals surface area contributed by atoms with Crippen LogP contribution in [0.25, 0.3) is 0 Å². The molecule has 0 saturated heterocycles. The summed E-state index contributed by atoms with van der Waals surface area (Å²) in [5.41, 5.74) is 7.66. The summed E-state index contributed by atoms with van der Waals surface area (Å²) in [5, 5.41) is 8.62. The van der Waals surface area contributed by atoms with Crippen molar-refractivity contribution in [2.75, 3.05) is 18.1 Å². The summed E-state index contributed by atoms with van der Waals surface area (Å²) >= 11 is 5.29. The standard InChI is InChI=1S/C10H14BrNOS/c11-10-6-9(12)3-2-8(10)7-14-5-1-4-13/h2-3,6,13H,1,4-5,7,12H2. The molecule has 0 spiro atoms. The molecule has 0 saturated carbocycles. The lowest BCUT2D eigenvalue weighted by Gasteiger charge is -2.04. The second-order valence-corrected chi connectivity index (χ2v) is 4.94. The van der Waals surface area contributed by atoms with Gasteiger partial charge in [-0.05, 0) is 29.9 Å².